The Morgan fingerprint density at radius 1 is 1.08 bits per heavy atom. The number of rotatable bonds is 5. The van der Waals surface area contributed by atoms with Crippen LogP contribution in [-0.2, 0) is 11.0 Å². The molecule has 0 spiro atoms. The number of hydrogen-bond donors (Lipinski definition) is 1. The molecule has 2 aromatic carbocycles. The van der Waals surface area contributed by atoms with Crippen molar-refractivity contribution in [1.82, 2.24) is 0 Å². The van der Waals surface area contributed by atoms with Crippen LogP contribution in [0.4, 0.5) is 18.9 Å². The van der Waals surface area contributed by atoms with Crippen LogP contribution in [0.25, 0.3) is 5.57 Å². The first-order valence-corrected chi connectivity index (χ1v) is 7.22. The maximum Gasteiger partial charge on any atom is 0.416 e. The molecule has 0 aliphatic rings. The summed E-state index contributed by atoms with van der Waals surface area (Å²) in [6.07, 6.45) is -1.07. The number of hydrogen-bond acceptors (Lipinski definition) is 3. The van der Waals surface area contributed by atoms with E-state index in [0.29, 0.717) is 16.7 Å². The van der Waals surface area contributed by atoms with Crippen LogP contribution < -0.4 is 0 Å². The van der Waals surface area contributed by atoms with Crippen molar-refractivity contribution in [3.05, 3.63) is 93.6 Å². The van der Waals surface area contributed by atoms with E-state index < -0.39 is 22.6 Å². The van der Waals surface area contributed by atoms with Gasteiger partial charge in [0.2, 0.25) is 0 Å². The van der Waals surface area contributed by atoms with Crippen molar-refractivity contribution in [3.8, 4) is 0 Å². The van der Waals surface area contributed by atoms with Gasteiger partial charge in [-0.05, 0) is 28.8 Å². The van der Waals surface area contributed by atoms with E-state index in [1.165, 1.54) is 42.5 Å². The lowest BCUT2D eigenvalue weighted by Crippen LogP contribution is -2.04. The number of nitro benzene ring substituents is 1. The molecule has 1 N–H and O–H groups in total. The van der Waals surface area contributed by atoms with Gasteiger partial charge < -0.3 is 5.11 Å². The summed E-state index contributed by atoms with van der Waals surface area (Å²) >= 11 is 0. The molecule has 5 nitrogen and oxygen atoms in total. The third-order valence-electron chi connectivity index (χ3n) is 3.39. The summed E-state index contributed by atoms with van der Waals surface area (Å²) < 4.78 is 38.1. The van der Waals surface area contributed by atoms with Gasteiger partial charge in [-0.15, -0.1) is 0 Å². The van der Waals surface area contributed by atoms with Gasteiger partial charge in [-0.1, -0.05) is 36.4 Å². The van der Waals surface area contributed by atoms with Gasteiger partial charge in [0.25, 0.3) is 5.69 Å². The fourth-order valence-electron chi connectivity index (χ4n) is 2.21. The number of allylic oxidation sites excluding steroid dienone is 2. The van der Waals surface area contributed by atoms with Crippen molar-refractivity contribution < 1.29 is 28.0 Å². The van der Waals surface area contributed by atoms with Gasteiger partial charge in [0.1, 0.15) is 0 Å². The van der Waals surface area contributed by atoms with Crippen LogP contribution in [0.2, 0.25) is 0 Å². The highest BCUT2D eigenvalue weighted by Crippen LogP contribution is 2.32. The van der Waals surface area contributed by atoms with Crippen molar-refractivity contribution in [3.63, 3.8) is 0 Å². The maximum atomic E-state index is 12.7. The number of nitrogens with zero attached hydrogens (tertiary/aromatic N) is 1. The monoisotopic (exact) mass is 363 g/mol. The second kappa shape index (κ2) is 7.64. The first-order valence-electron chi connectivity index (χ1n) is 7.22. The zero-order valence-corrected chi connectivity index (χ0v) is 13.1. The maximum absolute atomic E-state index is 12.7. The van der Waals surface area contributed by atoms with Gasteiger partial charge in [-0.25, -0.2) is 4.79 Å². The highest BCUT2D eigenvalue weighted by molar-refractivity contribution is 5.84. The Morgan fingerprint density at radius 2 is 1.73 bits per heavy atom. The van der Waals surface area contributed by atoms with E-state index in [2.05, 4.69) is 0 Å². The van der Waals surface area contributed by atoms with Crippen LogP contribution in [-0.4, -0.2) is 16.0 Å². The highest BCUT2D eigenvalue weighted by atomic mass is 19.4. The largest absolute Gasteiger partial charge is 0.478 e. The SMILES string of the molecule is O=C(O)C=CC=C(c1ccc(C(F)(F)F)cc1)c1cccc([N+](=O)[O-])c1. The summed E-state index contributed by atoms with van der Waals surface area (Å²) in [6.45, 7) is 0. The van der Waals surface area contributed by atoms with E-state index in [4.69, 9.17) is 5.11 Å². The molecule has 26 heavy (non-hydrogen) atoms. The number of aliphatic carboxylic acids is 1. The zero-order chi connectivity index (χ0) is 19.3. The molecule has 0 saturated carbocycles. The van der Waals surface area contributed by atoms with Crippen molar-refractivity contribution in [1.29, 1.82) is 0 Å². The van der Waals surface area contributed by atoms with Gasteiger partial charge in [0.05, 0.1) is 10.5 Å². The fourth-order valence-corrected chi connectivity index (χ4v) is 2.21. The van der Waals surface area contributed by atoms with Crippen LogP contribution in [0.1, 0.15) is 16.7 Å². The van der Waals surface area contributed by atoms with Crippen molar-refractivity contribution in [2.75, 3.05) is 0 Å². The molecule has 0 aliphatic carbocycles. The minimum atomic E-state index is -4.49. The van der Waals surface area contributed by atoms with E-state index in [1.807, 2.05) is 0 Å². The number of nitro groups is 1. The number of carboxylic acid groups (broad SMARTS) is 1. The van der Waals surface area contributed by atoms with E-state index in [9.17, 15) is 28.1 Å². The number of non-ortho nitro benzene ring substituents is 1. The molecule has 0 fully saturated rings. The topological polar surface area (TPSA) is 80.4 Å². The fraction of sp³-hybridized carbons (Fsp3) is 0.0556. The second-order valence-electron chi connectivity index (χ2n) is 5.16. The zero-order valence-electron chi connectivity index (χ0n) is 13.1. The number of benzene rings is 2. The predicted molar refractivity (Wildman–Crippen MR) is 88.4 cm³/mol. The molecular weight excluding hydrogens is 351 g/mol. The Kier molecular flexibility index (Phi) is 5.56. The third kappa shape index (κ3) is 4.79. The molecule has 0 saturated heterocycles. The molecule has 0 aromatic heterocycles. The molecule has 0 atom stereocenters. The number of alkyl halides is 3. The summed E-state index contributed by atoms with van der Waals surface area (Å²) in [5.41, 5.74) is 0.0469. The lowest BCUT2D eigenvalue weighted by Gasteiger charge is -2.11. The number of halogens is 3. The average Bonchev–Trinajstić information content (AvgIpc) is 2.58. The van der Waals surface area contributed by atoms with Crippen LogP contribution in [0.5, 0.6) is 0 Å². The second-order valence-corrected chi connectivity index (χ2v) is 5.16. The van der Waals surface area contributed by atoms with Crippen molar-refractivity contribution in [2.24, 2.45) is 0 Å². The van der Waals surface area contributed by atoms with Crippen molar-refractivity contribution >= 4 is 17.2 Å². The van der Waals surface area contributed by atoms with Crippen LogP contribution >= 0.6 is 0 Å². The Balaban J connectivity index is 2.53. The molecule has 134 valence electrons. The molecule has 0 amide bonds. The van der Waals surface area contributed by atoms with Crippen molar-refractivity contribution in [2.45, 2.75) is 6.18 Å². The summed E-state index contributed by atoms with van der Waals surface area (Å²) in [4.78, 5) is 21.0. The van der Waals surface area contributed by atoms with Crippen LogP contribution in [0, 0.1) is 10.1 Å². The van der Waals surface area contributed by atoms with Gasteiger partial charge >= 0.3 is 12.1 Å². The molecule has 0 radical (unpaired) electrons. The summed E-state index contributed by atoms with van der Waals surface area (Å²) in [6, 6.07) is 9.75. The molecule has 0 unspecified atom stereocenters. The minimum Gasteiger partial charge on any atom is -0.478 e. The first kappa shape index (κ1) is 18.9. The highest BCUT2D eigenvalue weighted by Gasteiger charge is 2.30. The predicted octanol–water partition coefficient (Wildman–Crippen LogP) is 4.69. The average molecular weight is 363 g/mol. The van der Waals surface area contributed by atoms with E-state index >= 15 is 0 Å². The summed E-state index contributed by atoms with van der Waals surface area (Å²) in [5.74, 6) is -1.20. The Labute approximate surface area is 145 Å². The molecule has 8 heteroatoms. The van der Waals surface area contributed by atoms with E-state index in [-0.39, 0.29) is 5.69 Å². The van der Waals surface area contributed by atoms with Crippen LogP contribution in [0.15, 0.2) is 66.8 Å². The molecule has 0 bridgehead atoms. The normalized spacial score (nSPS) is 12.3. The third-order valence-corrected chi connectivity index (χ3v) is 3.39. The lowest BCUT2D eigenvalue weighted by atomic mass is 9.96. The first-order chi connectivity index (χ1) is 12.2. The smallest absolute Gasteiger partial charge is 0.416 e. The van der Waals surface area contributed by atoms with Gasteiger partial charge in [-0.2, -0.15) is 13.2 Å². The van der Waals surface area contributed by atoms with Gasteiger partial charge in [0, 0.05) is 18.2 Å². The number of carbonyl (C=O) groups is 1. The van der Waals surface area contributed by atoms with E-state index in [1.54, 1.807) is 6.07 Å². The number of carboxylic acids is 1. The van der Waals surface area contributed by atoms with Gasteiger partial charge in [0.15, 0.2) is 0 Å². The molecular formula is C18H12F3NO4. The van der Waals surface area contributed by atoms with E-state index in [0.717, 1.165) is 18.2 Å². The molecule has 0 heterocycles. The molecule has 0 aliphatic heterocycles. The van der Waals surface area contributed by atoms with Gasteiger partial charge in [-0.3, -0.25) is 10.1 Å². The standard InChI is InChI=1S/C18H12F3NO4/c19-18(20,21)14-9-7-12(8-10-14)16(5-2-6-17(23)24)13-3-1-4-15(11-13)22(25)26/h1-11H,(H,23,24). The Hall–Kier alpha value is -3.42. The van der Waals surface area contributed by atoms with Crippen LogP contribution in [0.3, 0.4) is 0 Å². The quantitative estimate of drug-likeness (QED) is 0.362. The summed E-state index contributed by atoms with van der Waals surface area (Å²) in [7, 11) is 0. The lowest BCUT2D eigenvalue weighted by molar-refractivity contribution is -0.384. The Morgan fingerprint density at radius 3 is 2.27 bits per heavy atom. The molecule has 2 aromatic rings. The molecule has 2 rings (SSSR count). The minimum absolute atomic E-state index is 0.192. The Bertz CT molecular complexity index is 884. The summed E-state index contributed by atoms with van der Waals surface area (Å²) in [5, 5.41) is 19.6.